The van der Waals surface area contributed by atoms with Crippen LogP contribution >= 0.6 is 11.8 Å². The van der Waals surface area contributed by atoms with E-state index in [9.17, 15) is 4.79 Å². The van der Waals surface area contributed by atoms with Crippen LogP contribution in [-0.4, -0.2) is 17.2 Å². The molecule has 2 nitrogen and oxygen atoms in total. The normalized spacial score (nSPS) is 13.8. The number of carbonyl (C=O) groups is 1. The largest absolute Gasteiger partial charge is 0.347 e. The highest BCUT2D eigenvalue weighted by atomic mass is 32.2. The molecule has 20 heavy (non-hydrogen) atoms. The molecule has 0 saturated carbocycles. The Hall–Kier alpha value is -1.22. The molecule has 1 aromatic rings. The molecule has 0 radical (unpaired) electrons. The van der Waals surface area contributed by atoms with E-state index >= 15 is 0 Å². The highest BCUT2D eigenvalue weighted by molar-refractivity contribution is 7.99. The minimum atomic E-state index is -0.328. The summed E-state index contributed by atoms with van der Waals surface area (Å²) in [6, 6.07) is 8.38. The Balaban J connectivity index is 2.40. The molecule has 0 spiro atoms. The van der Waals surface area contributed by atoms with Gasteiger partial charge in [0.25, 0.3) is 0 Å². The summed E-state index contributed by atoms with van der Waals surface area (Å²) in [7, 11) is 0. The Bertz CT molecular complexity index is 453. The third kappa shape index (κ3) is 5.04. The molecule has 3 heteroatoms. The van der Waals surface area contributed by atoms with Crippen molar-refractivity contribution in [3.8, 4) is 0 Å². The van der Waals surface area contributed by atoms with E-state index in [-0.39, 0.29) is 11.4 Å². The first-order chi connectivity index (χ1) is 9.37. The van der Waals surface area contributed by atoms with E-state index in [4.69, 9.17) is 0 Å². The van der Waals surface area contributed by atoms with Crippen molar-refractivity contribution in [2.45, 2.75) is 44.6 Å². The van der Waals surface area contributed by atoms with Gasteiger partial charge in [0, 0.05) is 17.1 Å². The van der Waals surface area contributed by atoms with Gasteiger partial charge in [0.05, 0.1) is 5.54 Å². The number of rotatable bonds is 7. The molecule has 110 valence electrons. The summed E-state index contributed by atoms with van der Waals surface area (Å²) in [5.74, 6) is 1.20. The van der Waals surface area contributed by atoms with E-state index in [1.54, 1.807) is 11.8 Å². The molecule has 0 heterocycles. The predicted octanol–water partition coefficient (Wildman–Crippen LogP) is 4.19. The molecular weight excluding hydrogens is 266 g/mol. The first-order valence-corrected chi connectivity index (χ1v) is 8.00. The van der Waals surface area contributed by atoms with E-state index in [0.29, 0.717) is 12.3 Å². The zero-order valence-corrected chi connectivity index (χ0v) is 13.7. The SMILES string of the molecule is C=C[C@](C)(NC(=O)CCSc1ccc(C)cc1)C(C)C. The monoisotopic (exact) mass is 291 g/mol. The predicted molar refractivity (Wildman–Crippen MR) is 88.1 cm³/mol. The van der Waals surface area contributed by atoms with Crippen LogP contribution in [0.25, 0.3) is 0 Å². The second-order valence-electron chi connectivity index (χ2n) is 5.60. The van der Waals surface area contributed by atoms with Crippen molar-refractivity contribution in [2.24, 2.45) is 5.92 Å². The lowest BCUT2D eigenvalue weighted by molar-refractivity contribution is -0.122. The Morgan fingerprint density at radius 2 is 2.00 bits per heavy atom. The third-order valence-corrected chi connectivity index (χ3v) is 4.66. The van der Waals surface area contributed by atoms with E-state index in [1.807, 2.05) is 13.0 Å². The zero-order chi connectivity index (χ0) is 15.2. The standard InChI is InChI=1S/C17H25NOS/c1-6-17(5,13(2)3)18-16(19)11-12-20-15-9-7-14(4)8-10-15/h6-10,13H,1,11-12H2,2-5H3,(H,18,19)/t17-/m0/s1. The van der Waals surface area contributed by atoms with Gasteiger partial charge in [-0.25, -0.2) is 0 Å². The lowest BCUT2D eigenvalue weighted by Crippen LogP contribution is -2.48. The van der Waals surface area contributed by atoms with E-state index in [0.717, 1.165) is 5.75 Å². The van der Waals surface area contributed by atoms with Gasteiger partial charge in [0.2, 0.25) is 5.91 Å². The average Bonchev–Trinajstić information content (AvgIpc) is 2.40. The van der Waals surface area contributed by atoms with Crippen LogP contribution in [0.5, 0.6) is 0 Å². The summed E-state index contributed by atoms with van der Waals surface area (Å²) in [6.07, 6.45) is 2.34. The molecule has 0 unspecified atom stereocenters. The van der Waals surface area contributed by atoms with Crippen LogP contribution in [0, 0.1) is 12.8 Å². The third-order valence-electron chi connectivity index (χ3n) is 3.65. The van der Waals surface area contributed by atoms with Crippen LogP contribution in [0.1, 0.15) is 32.8 Å². The summed E-state index contributed by atoms with van der Waals surface area (Å²) in [6.45, 7) is 12.1. The maximum atomic E-state index is 12.0. The molecule has 0 saturated heterocycles. The summed E-state index contributed by atoms with van der Waals surface area (Å²) in [5.41, 5.74) is 0.928. The van der Waals surface area contributed by atoms with Gasteiger partial charge in [-0.1, -0.05) is 37.6 Å². The Labute approximate surface area is 127 Å². The summed E-state index contributed by atoms with van der Waals surface area (Å²) in [5, 5.41) is 3.07. The van der Waals surface area contributed by atoms with E-state index in [2.05, 4.69) is 56.9 Å². The fourth-order valence-corrected chi connectivity index (χ4v) is 2.54. The number of amides is 1. The molecule has 1 aromatic carbocycles. The molecule has 1 amide bonds. The topological polar surface area (TPSA) is 29.1 Å². The van der Waals surface area contributed by atoms with Gasteiger partial charge in [-0.15, -0.1) is 18.3 Å². The number of carbonyl (C=O) groups excluding carboxylic acids is 1. The van der Waals surface area contributed by atoms with Crippen LogP contribution in [-0.2, 0) is 4.79 Å². The van der Waals surface area contributed by atoms with Crippen LogP contribution in [0.4, 0.5) is 0 Å². The molecule has 0 aliphatic carbocycles. The minimum Gasteiger partial charge on any atom is -0.347 e. The van der Waals surface area contributed by atoms with Crippen molar-refractivity contribution < 1.29 is 4.79 Å². The summed E-state index contributed by atoms with van der Waals surface area (Å²) in [4.78, 5) is 13.2. The molecule has 1 N–H and O–H groups in total. The minimum absolute atomic E-state index is 0.0840. The van der Waals surface area contributed by atoms with Crippen LogP contribution < -0.4 is 5.32 Å². The van der Waals surface area contributed by atoms with E-state index in [1.165, 1.54) is 10.5 Å². The quantitative estimate of drug-likeness (QED) is 0.603. The van der Waals surface area contributed by atoms with Crippen LogP contribution in [0.15, 0.2) is 41.8 Å². The average molecular weight is 291 g/mol. The Morgan fingerprint density at radius 3 is 2.50 bits per heavy atom. The lowest BCUT2D eigenvalue weighted by atomic mass is 9.88. The summed E-state index contributed by atoms with van der Waals surface area (Å²) >= 11 is 1.71. The van der Waals surface area contributed by atoms with Crippen molar-refractivity contribution in [1.82, 2.24) is 5.32 Å². The number of thioether (sulfide) groups is 1. The molecular formula is C17H25NOS. The fourth-order valence-electron chi connectivity index (χ4n) is 1.69. The van der Waals surface area contributed by atoms with Crippen molar-refractivity contribution in [3.05, 3.63) is 42.5 Å². The van der Waals surface area contributed by atoms with Gasteiger partial charge < -0.3 is 5.32 Å². The zero-order valence-electron chi connectivity index (χ0n) is 12.9. The maximum Gasteiger partial charge on any atom is 0.221 e. The molecule has 1 atom stereocenters. The highest BCUT2D eigenvalue weighted by Crippen LogP contribution is 2.20. The maximum absolute atomic E-state index is 12.0. The smallest absolute Gasteiger partial charge is 0.221 e. The Morgan fingerprint density at radius 1 is 1.40 bits per heavy atom. The molecule has 0 aliphatic rings. The van der Waals surface area contributed by atoms with Gasteiger partial charge in [0.1, 0.15) is 0 Å². The molecule has 0 aliphatic heterocycles. The van der Waals surface area contributed by atoms with Crippen LogP contribution in [0.3, 0.4) is 0 Å². The van der Waals surface area contributed by atoms with Crippen molar-refractivity contribution >= 4 is 17.7 Å². The van der Waals surface area contributed by atoms with Gasteiger partial charge in [-0.3, -0.25) is 4.79 Å². The fraction of sp³-hybridized carbons (Fsp3) is 0.471. The van der Waals surface area contributed by atoms with Crippen LogP contribution in [0.2, 0.25) is 0 Å². The molecule has 1 rings (SSSR count). The van der Waals surface area contributed by atoms with Gasteiger partial charge in [0.15, 0.2) is 0 Å². The highest BCUT2D eigenvalue weighted by Gasteiger charge is 2.26. The first kappa shape index (κ1) is 16.8. The molecule has 0 aromatic heterocycles. The second kappa shape index (κ2) is 7.53. The lowest BCUT2D eigenvalue weighted by Gasteiger charge is -2.31. The second-order valence-corrected chi connectivity index (χ2v) is 6.77. The molecule has 0 fully saturated rings. The van der Waals surface area contributed by atoms with E-state index < -0.39 is 0 Å². The number of aryl methyl sites for hydroxylation is 1. The van der Waals surface area contributed by atoms with Crippen molar-refractivity contribution in [3.63, 3.8) is 0 Å². The van der Waals surface area contributed by atoms with Crippen molar-refractivity contribution in [1.29, 1.82) is 0 Å². The summed E-state index contributed by atoms with van der Waals surface area (Å²) < 4.78 is 0. The number of nitrogens with one attached hydrogen (secondary N) is 1. The Kier molecular flexibility index (Phi) is 6.34. The van der Waals surface area contributed by atoms with Gasteiger partial charge in [-0.2, -0.15) is 0 Å². The van der Waals surface area contributed by atoms with Crippen molar-refractivity contribution in [2.75, 3.05) is 5.75 Å². The number of benzene rings is 1. The molecule has 0 bridgehead atoms. The van der Waals surface area contributed by atoms with Gasteiger partial charge >= 0.3 is 0 Å². The first-order valence-electron chi connectivity index (χ1n) is 7.01. The number of hydrogen-bond donors (Lipinski definition) is 1. The number of hydrogen-bond acceptors (Lipinski definition) is 2. The van der Waals surface area contributed by atoms with Gasteiger partial charge in [-0.05, 0) is 31.9 Å².